The molecule has 3 rings (SSSR count). The molecule has 2 saturated heterocycles. The van der Waals surface area contributed by atoms with Crippen molar-refractivity contribution in [3.05, 3.63) is 40.3 Å². The van der Waals surface area contributed by atoms with Crippen molar-refractivity contribution in [3.8, 4) is 5.75 Å². The number of azide groups is 1. The third-order valence-electron chi connectivity index (χ3n) is 4.92. The summed E-state index contributed by atoms with van der Waals surface area (Å²) in [5.41, 5.74) is 9.87. The lowest BCUT2D eigenvalue weighted by Gasteiger charge is -2.47. The Kier molecular flexibility index (Phi) is 7.50. The van der Waals surface area contributed by atoms with Crippen LogP contribution in [0.1, 0.15) is 31.6 Å². The molecule has 1 aromatic carbocycles. The van der Waals surface area contributed by atoms with Crippen molar-refractivity contribution < 1.29 is 28.4 Å². The van der Waals surface area contributed by atoms with Gasteiger partial charge in [0.05, 0.1) is 19.8 Å². The SMILES string of the molecule is CCCCO[C@@H]1C(N=[N+]=[N-])[C@@H](OC)OC2COC(c3ccc(OC)cc3)O[C@H]21. The Morgan fingerprint density at radius 2 is 2.00 bits per heavy atom. The van der Waals surface area contributed by atoms with E-state index in [1.165, 1.54) is 7.11 Å². The maximum atomic E-state index is 9.01. The van der Waals surface area contributed by atoms with Gasteiger partial charge in [-0.15, -0.1) is 0 Å². The normalized spacial score (nSPS) is 32.2. The highest BCUT2D eigenvalue weighted by molar-refractivity contribution is 5.28. The molecule has 2 fully saturated rings. The van der Waals surface area contributed by atoms with Gasteiger partial charge in [-0.2, -0.15) is 0 Å². The van der Waals surface area contributed by atoms with E-state index < -0.39 is 30.8 Å². The van der Waals surface area contributed by atoms with Gasteiger partial charge in [0, 0.05) is 24.2 Å². The Morgan fingerprint density at radius 3 is 2.64 bits per heavy atom. The van der Waals surface area contributed by atoms with E-state index in [1.807, 2.05) is 24.3 Å². The first kappa shape index (κ1) is 20.9. The largest absolute Gasteiger partial charge is 0.497 e. The van der Waals surface area contributed by atoms with Crippen LogP contribution < -0.4 is 4.74 Å². The second kappa shape index (κ2) is 10.1. The standard InChI is InChI=1S/C19H27N3O6/c1-4-5-10-25-17-15(21-22-20)19(24-3)27-14-11-26-18(28-16(14)17)12-6-8-13(23-2)9-7-12/h6-9,14-19H,4-5,10-11H2,1-3H3/t14?,15?,16-,17-,18?,19+/m1/s1. The van der Waals surface area contributed by atoms with Crippen LogP contribution in [0.3, 0.4) is 0 Å². The third-order valence-corrected chi connectivity index (χ3v) is 4.92. The van der Waals surface area contributed by atoms with Crippen molar-refractivity contribution >= 4 is 0 Å². The molecule has 0 aliphatic carbocycles. The summed E-state index contributed by atoms with van der Waals surface area (Å²) in [4.78, 5) is 2.95. The lowest BCUT2D eigenvalue weighted by atomic mass is 9.96. The number of rotatable bonds is 8. The molecule has 0 N–H and O–H groups in total. The topological polar surface area (TPSA) is 104 Å². The van der Waals surface area contributed by atoms with E-state index >= 15 is 0 Å². The predicted octanol–water partition coefficient (Wildman–Crippen LogP) is 3.34. The first-order valence-electron chi connectivity index (χ1n) is 9.46. The molecule has 9 nitrogen and oxygen atoms in total. The van der Waals surface area contributed by atoms with Gasteiger partial charge in [-0.3, -0.25) is 0 Å². The van der Waals surface area contributed by atoms with Crippen molar-refractivity contribution in [3.63, 3.8) is 0 Å². The summed E-state index contributed by atoms with van der Waals surface area (Å²) in [5.74, 6) is 0.755. The molecule has 28 heavy (non-hydrogen) atoms. The summed E-state index contributed by atoms with van der Waals surface area (Å²) in [6.45, 7) is 2.94. The van der Waals surface area contributed by atoms with Gasteiger partial charge in [-0.25, -0.2) is 0 Å². The Bertz CT molecular complexity index is 666. The van der Waals surface area contributed by atoms with Crippen LogP contribution in [0.2, 0.25) is 0 Å². The van der Waals surface area contributed by atoms with Gasteiger partial charge in [-0.05, 0) is 24.1 Å². The van der Waals surface area contributed by atoms with Crippen molar-refractivity contribution in [2.24, 2.45) is 5.11 Å². The zero-order valence-electron chi connectivity index (χ0n) is 16.4. The monoisotopic (exact) mass is 393 g/mol. The van der Waals surface area contributed by atoms with Gasteiger partial charge in [-0.1, -0.05) is 30.6 Å². The van der Waals surface area contributed by atoms with Crippen LogP contribution in [0.15, 0.2) is 29.4 Å². The van der Waals surface area contributed by atoms with Crippen LogP contribution in [0.5, 0.6) is 5.75 Å². The maximum absolute atomic E-state index is 9.01. The molecule has 0 spiro atoms. The molecule has 1 aromatic rings. The highest BCUT2D eigenvalue weighted by Crippen LogP contribution is 2.37. The smallest absolute Gasteiger partial charge is 0.184 e. The Morgan fingerprint density at radius 1 is 1.21 bits per heavy atom. The van der Waals surface area contributed by atoms with E-state index in [-0.39, 0.29) is 6.10 Å². The molecule has 2 aliphatic rings. The van der Waals surface area contributed by atoms with Crippen molar-refractivity contribution in [1.29, 1.82) is 0 Å². The predicted molar refractivity (Wildman–Crippen MR) is 99.8 cm³/mol. The first-order valence-corrected chi connectivity index (χ1v) is 9.46. The Hall–Kier alpha value is -1.87. The zero-order chi connectivity index (χ0) is 19.9. The molecule has 0 bridgehead atoms. The van der Waals surface area contributed by atoms with E-state index in [9.17, 15) is 0 Å². The first-order chi connectivity index (χ1) is 13.7. The fourth-order valence-corrected chi connectivity index (χ4v) is 3.42. The van der Waals surface area contributed by atoms with Crippen LogP contribution in [0.4, 0.5) is 0 Å². The van der Waals surface area contributed by atoms with Crippen molar-refractivity contribution in [2.75, 3.05) is 27.4 Å². The minimum atomic E-state index is -0.714. The highest BCUT2D eigenvalue weighted by Gasteiger charge is 2.50. The van der Waals surface area contributed by atoms with Crippen molar-refractivity contribution in [1.82, 2.24) is 0 Å². The lowest BCUT2D eigenvalue weighted by molar-refractivity contribution is -0.343. The average Bonchev–Trinajstić information content (AvgIpc) is 2.74. The molecule has 2 aliphatic heterocycles. The number of unbranched alkanes of at least 4 members (excludes halogenated alkanes) is 1. The van der Waals surface area contributed by atoms with Crippen LogP contribution in [0.25, 0.3) is 10.4 Å². The van der Waals surface area contributed by atoms with Crippen LogP contribution in [-0.4, -0.2) is 58.1 Å². The second-order valence-electron chi connectivity index (χ2n) is 6.70. The van der Waals surface area contributed by atoms with Crippen LogP contribution >= 0.6 is 0 Å². The van der Waals surface area contributed by atoms with Gasteiger partial charge in [0.25, 0.3) is 0 Å². The molecule has 0 radical (unpaired) electrons. The minimum Gasteiger partial charge on any atom is -0.497 e. The number of benzene rings is 1. The van der Waals surface area contributed by atoms with E-state index in [2.05, 4.69) is 16.9 Å². The summed E-state index contributed by atoms with van der Waals surface area (Å²) in [6, 6.07) is 6.84. The summed E-state index contributed by atoms with van der Waals surface area (Å²) in [6.07, 6.45) is -0.706. The average molecular weight is 393 g/mol. The Labute approximate surface area is 164 Å². The second-order valence-corrected chi connectivity index (χ2v) is 6.70. The summed E-state index contributed by atoms with van der Waals surface area (Å²) >= 11 is 0. The van der Waals surface area contributed by atoms with Gasteiger partial charge in [0.1, 0.15) is 24.0 Å². The quantitative estimate of drug-likeness (QED) is 0.290. The van der Waals surface area contributed by atoms with Gasteiger partial charge in [0.15, 0.2) is 12.6 Å². The number of fused-ring (bicyclic) bond motifs is 1. The lowest BCUT2D eigenvalue weighted by Crippen LogP contribution is -2.62. The molecule has 3 unspecified atom stereocenters. The molecule has 0 aromatic heterocycles. The number of ether oxygens (including phenoxy) is 6. The molecule has 6 atom stereocenters. The number of methoxy groups -OCH3 is 2. The molecular weight excluding hydrogens is 366 g/mol. The van der Waals surface area contributed by atoms with Gasteiger partial charge >= 0.3 is 0 Å². The zero-order valence-corrected chi connectivity index (χ0v) is 16.4. The van der Waals surface area contributed by atoms with Crippen LogP contribution in [0, 0.1) is 0 Å². The number of nitrogens with zero attached hydrogens (tertiary/aromatic N) is 3. The molecule has 0 amide bonds. The molecule has 154 valence electrons. The third kappa shape index (κ3) is 4.57. The van der Waals surface area contributed by atoms with Gasteiger partial charge < -0.3 is 28.4 Å². The molecule has 0 saturated carbocycles. The number of hydrogen-bond acceptors (Lipinski definition) is 7. The van der Waals surface area contributed by atoms with E-state index in [0.717, 1.165) is 24.2 Å². The highest BCUT2D eigenvalue weighted by atomic mass is 16.7. The molecule has 9 heteroatoms. The van der Waals surface area contributed by atoms with E-state index in [1.54, 1.807) is 7.11 Å². The van der Waals surface area contributed by atoms with Crippen LogP contribution in [-0.2, 0) is 23.7 Å². The van der Waals surface area contributed by atoms with Crippen molar-refractivity contribution in [2.45, 2.75) is 56.7 Å². The summed E-state index contributed by atoms with van der Waals surface area (Å²) in [7, 11) is 3.13. The molecule has 2 heterocycles. The Balaban J connectivity index is 1.80. The summed E-state index contributed by atoms with van der Waals surface area (Å²) < 4.78 is 34.7. The fourth-order valence-electron chi connectivity index (χ4n) is 3.42. The van der Waals surface area contributed by atoms with E-state index in [4.69, 9.17) is 34.0 Å². The summed E-state index contributed by atoms with van der Waals surface area (Å²) in [5, 5.41) is 3.88. The maximum Gasteiger partial charge on any atom is 0.184 e. The number of hydrogen-bond donors (Lipinski definition) is 0. The van der Waals surface area contributed by atoms with E-state index in [0.29, 0.717) is 13.2 Å². The molecular formula is C19H27N3O6. The minimum absolute atomic E-state index is 0.317. The fraction of sp³-hybridized carbons (Fsp3) is 0.684. The van der Waals surface area contributed by atoms with Gasteiger partial charge in [0.2, 0.25) is 0 Å².